The van der Waals surface area contributed by atoms with Crippen molar-refractivity contribution in [1.29, 1.82) is 0 Å². The number of nitrogens with zero attached hydrogens (tertiary/aromatic N) is 1. The second-order valence-electron chi connectivity index (χ2n) is 6.91. The van der Waals surface area contributed by atoms with E-state index in [9.17, 15) is 0 Å². The van der Waals surface area contributed by atoms with Crippen LogP contribution in [0.25, 0.3) is 0 Å². The first-order valence-corrected chi connectivity index (χ1v) is 8.63. The molecule has 1 saturated carbocycles. The van der Waals surface area contributed by atoms with Crippen molar-refractivity contribution in [2.45, 2.75) is 77.9 Å². The van der Waals surface area contributed by atoms with Crippen molar-refractivity contribution in [2.75, 3.05) is 11.9 Å². The van der Waals surface area contributed by atoms with Gasteiger partial charge in [-0.3, -0.25) is 0 Å². The Morgan fingerprint density at radius 3 is 2.38 bits per heavy atom. The predicted molar refractivity (Wildman–Crippen MR) is 93.0 cm³/mol. The fourth-order valence-electron chi connectivity index (χ4n) is 3.39. The minimum atomic E-state index is 0.540. The molecule has 21 heavy (non-hydrogen) atoms. The summed E-state index contributed by atoms with van der Waals surface area (Å²) in [5, 5.41) is 3.50. The lowest BCUT2D eigenvalue weighted by molar-refractivity contribution is 0.552. The van der Waals surface area contributed by atoms with E-state index >= 15 is 0 Å². The lowest BCUT2D eigenvalue weighted by Gasteiger charge is -2.31. The Morgan fingerprint density at radius 1 is 1.14 bits per heavy atom. The van der Waals surface area contributed by atoms with Crippen molar-refractivity contribution in [3.63, 3.8) is 0 Å². The first kappa shape index (κ1) is 16.4. The molecule has 2 rings (SSSR count). The summed E-state index contributed by atoms with van der Waals surface area (Å²) in [6.45, 7) is 7.61. The van der Waals surface area contributed by atoms with E-state index in [1.807, 2.05) is 0 Å². The Hall–Kier alpha value is -1.02. The van der Waals surface area contributed by atoms with Crippen molar-refractivity contribution in [3.8, 4) is 0 Å². The van der Waals surface area contributed by atoms with Gasteiger partial charge < -0.3 is 10.2 Å². The van der Waals surface area contributed by atoms with Gasteiger partial charge in [-0.15, -0.1) is 0 Å². The molecule has 0 atom stereocenters. The highest BCUT2D eigenvalue weighted by Crippen LogP contribution is 2.28. The average molecular weight is 288 g/mol. The van der Waals surface area contributed by atoms with Crippen molar-refractivity contribution in [2.24, 2.45) is 0 Å². The second kappa shape index (κ2) is 7.84. The van der Waals surface area contributed by atoms with Gasteiger partial charge in [0.1, 0.15) is 0 Å². The lowest BCUT2D eigenvalue weighted by Crippen LogP contribution is -2.31. The van der Waals surface area contributed by atoms with Crippen molar-refractivity contribution >= 4 is 5.69 Å². The number of anilines is 1. The summed E-state index contributed by atoms with van der Waals surface area (Å²) in [7, 11) is 2.28. The van der Waals surface area contributed by atoms with Gasteiger partial charge >= 0.3 is 0 Å². The van der Waals surface area contributed by atoms with E-state index in [0.29, 0.717) is 6.04 Å². The van der Waals surface area contributed by atoms with E-state index in [4.69, 9.17) is 0 Å². The van der Waals surface area contributed by atoms with Gasteiger partial charge in [-0.25, -0.2) is 0 Å². The molecule has 118 valence electrons. The zero-order chi connectivity index (χ0) is 15.2. The molecular formula is C19H32N2. The van der Waals surface area contributed by atoms with Crippen LogP contribution in [0.1, 0.15) is 63.5 Å². The monoisotopic (exact) mass is 288 g/mol. The number of benzene rings is 1. The molecule has 1 aromatic carbocycles. The molecule has 0 aliphatic heterocycles. The van der Waals surface area contributed by atoms with Gasteiger partial charge in [0.05, 0.1) is 0 Å². The van der Waals surface area contributed by atoms with Crippen LogP contribution in [-0.4, -0.2) is 19.1 Å². The summed E-state index contributed by atoms with van der Waals surface area (Å²) in [5.41, 5.74) is 4.21. The zero-order valence-corrected chi connectivity index (χ0v) is 14.3. The molecule has 1 aromatic rings. The third-order valence-corrected chi connectivity index (χ3v) is 4.73. The highest BCUT2D eigenvalue weighted by atomic mass is 15.1. The smallest absolute Gasteiger partial charge is 0.0396 e. The maximum Gasteiger partial charge on any atom is 0.0396 e. The van der Waals surface area contributed by atoms with Crippen molar-refractivity contribution in [3.05, 3.63) is 29.3 Å². The molecule has 0 saturated heterocycles. The standard InChI is InChI=1S/C19H32N2/c1-15(2)20-14-17-11-12-19(16(3)13-17)21(4)18-9-7-5-6-8-10-18/h11-13,15,18,20H,5-10,14H2,1-4H3. The predicted octanol–water partition coefficient (Wildman–Crippen LogP) is 4.65. The van der Waals surface area contributed by atoms with E-state index in [2.05, 4.69) is 56.2 Å². The van der Waals surface area contributed by atoms with Gasteiger partial charge in [0, 0.05) is 31.4 Å². The Labute approximate surface area is 130 Å². The quantitative estimate of drug-likeness (QED) is 0.793. The van der Waals surface area contributed by atoms with Gasteiger partial charge in [0.2, 0.25) is 0 Å². The Kier molecular flexibility index (Phi) is 6.10. The van der Waals surface area contributed by atoms with Crippen LogP contribution in [0, 0.1) is 6.92 Å². The van der Waals surface area contributed by atoms with Crippen molar-refractivity contribution < 1.29 is 0 Å². The summed E-state index contributed by atoms with van der Waals surface area (Å²) in [4.78, 5) is 2.53. The zero-order valence-electron chi connectivity index (χ0n) is 14.3. The fraction of sp³-hybridized carbons (Fsp3) is 0.684. The number of aryl methyl sites for hydroxylation is 1. The molecule has 2 heteroatoms. The Balaban J connectivity index is 2.04. The van der Waals surface area contributed by atoms with Crippen LogP contribution in [0.5, 0.6) is 0 Å². The minimum absolute atomic E-state index is 0.540. The van der Waals surface area contributed by atoms with Crippen LogP contribution in [0.3, 0.4) is 0 Å². The van der Waals surface area contributed by atoms with Gasteiger partial charge in [-0.05, 0) is 37.0 Å². The van der Waals surface area contributed by atoms with Gasteiger partial charge in [-0.2, -0.15) is 0 Å². The SMILES string of the molecule is Cc1cc(CNC(C)C)ccc1N(C)C1CCCCCC1. The molecule has 0 heterocycles. The molecule has 0 radical (unpaired) electrons. The first-order valence-electron chi connectivity index (χ1n) is 8.63. The molecule has 0 spiro atoms. The number of hydrogen-bond donors (Lipinski definition) is 1. The molecular weight excluding hydrogens is 256 g/mol. The van der Waals surface area contributed by atoms with Crippen LogP contribution in [0.4, 0.5) is 5.69 Å². The summed E-state index contributed by atoms with van der Waals surface area (Å²) in [6, 6.07) is 8.21. The Bertz CT molecular complexity index is 431. The number of nitrogens with one attached hydrogen (secondary N) is 1. The third kappa shape index (κ3) is 4.74. The molecule has 1 fully saturated rings. The molecule has 2 nitrogen and oxygen atoms in total. The molecule has 1 N–H and O–H groups in total. The van der Waals surface area contributed by atoms with Gasteiger partial charge in [-0.1, -0.05) is 51.7 Å². The van der Waals surface area contributed by atoms with E-state index in [1.54, 1.807) is 0 Å². The van der Waals surface area contributed by atoms with Gasteiger partial charge in [0.25, 0.3) is 0 Å². The average Bonchev–Trinajstić information content (AvgIpc) is 2.73. The van der Waals surface area contributed by atoms with Crippen LogP contribution in [0.15, 0.2) is 18.2 Å². The summed E-state index contributed by atoms with van der Waals surface area (Å²) >= 11 is 0. The highest BCUT2D eigenvalue weighted by Gasteiger charge is 2.18. The summed E-state index contributed by atoms with van der Waals surface area (Å²) in [5.74, 6) is 0. The van der Waals surface area contributed by atoms with Crippen LogP contribution in [0.2, 0.25) is 0 Å². The topological polar surface area (TPSA) is 15.3 Å². The summed E-state index contributed by atoms with van der Waals surface area (Å²) < 4.78 is 0. The first-order chi connectivity index (χ1) is 10.1. The van der Waals surface area contributed by atoms with Crippen LogP contribution in [-0.2, 0) is 6.54 Å². The molecule has 0 bridgehead atoms. The maximum absolute atomic E-state index is 3.50. The van der Waals surface area contributed by atoms with E-state index < -0.39 is 0 Å². The van der Waals surface area contributed by atoms with E-state index in [1.165, 1.54) is 55.3 Å². The lowest BCUT2D eigenvalue weighted by atomic mass is 10.0. The molecule has 1 aliphatic carbocycles. The molecule has 0 amide bonds. The fourth-order valence-corrected chi connectivity index (χ4v) is 3.39. The molecule has 0 unspecified atom stereocenters. The minimum Gasteiger partial charge on any atom is -0.371 e. The highest BCUT2D eigenvalue weighted by molar-refractivity contribution is 5.54. The second-order valence-corrected chi connectivity index (χ2v) is 6.91. The number of hydrogen-bond acceptors (Lipinski definition) is 2. The Morgan fingerprint density at radius 2 is 1.81 bits per heavy atom. The van der Waals surface area contributed by atoms with Crippen LogP contribution >= 0.6 is 0 Å². The molecule has 1 aliphatic rings. The van der Waals surface area contributed by atoms with Gasteiger partial charge in [0.15, 0.2) is 0 Å². The van der Waals surface area contributed by atoms with E-state index in [0.717, 1.165) is 12.6 Å². The number of rotatable bonds is 5. The molecule has 0 aromatic heterocycles. The normalized spacial score (nSPS) is 17.0. The van der Waals surface area contributed by atoms with Crippen LogP contribution < -0.4 is 10.2 Å². The summed E-state index contributed by atoms with van der Waals surface area (Å²) in [6.07, 6.45) is 8.33. The van der Waals surface area contributed by atoms with Crippen molar-refractivity contribution in [1.82, 2.24) is 5.32 Å². The van der Waals surface area contributed by atoms with E-state index in [-0.39, 0.29) is 0 Å². The maximum atomic E-state index is 3.50. The largest absolute Gasteiger partial charge is 0.371 e. The third-order valence-electron chi connectivity index (χ3n) is 4.73.